The first-order valence-electron chi connectivity index (χ1n) is 7.44. The molecule has 5 nitrogen and oxygen atoms in total. The number of hydrogen-bond donors (Lipinski definition) is 1. The van der Waals surface area contributed by atoms with Crippen LogP contribution >= 0.6 is 0 Å². The number of hydrogen-bond acceptors (Lipinski definition) is 4. The molecule has 1 N–H and O–H groups in total. The Kier molecular flexibility index (Phi) is 3.32. The summed E-state index contributed by atoms with van der Waals surface area (Å²) in [6, 6.07) is 0. The van der Waals surface area contributed by atoms with E-state index < -0.39 is 0 Å². The maximum Gasteiger partial charge on any atom is 0.257 e. The predicted molar refractivity (Wildman–Crippen MR) is 73.6 cm³/mol. The second-order valence-electron chi connectivity index (χ2n) is 6.16. The van der Waals surface area contributed by atoms with Crippen LogP contribution in [0, 0.1) is 12.8 Å². The van der Waals surface area contributed by atoms with E-state index in [-0.39, 0.29) is 17.6 Å². The fourth-order valence-corrected chi connectivity index (χ4v) is 3.19. The first-order chi connectivity index (χ1) is 9.55. The summed E-state index contributed by atoms with van der Waals surface area (Å²) >= 11 is 0. The van der Waals surface area contributed by atoms with Crippen LogP contribution in [0.25, 0.3) is 0 Å². The van der Waals surface area contributed by atoms with E-state index >= 15 is 0 Å². The molecule has 1 saturated carbocycles. The maximum absolute atomic E-state index is 12.6. The molecule has 2 unspecified atom stereocenters. The van der Waals surface area contributed by atoms with E-state index in [4.69, 9.17) is 9.26 Å². The monoisotopic (exact) mass is 278 g/mol. The second-order valence-corrected chi connectivity index (χ2v) is 6.16. The Morgan fingerprint density at radius 2 is 2.25 bits per heavy atom. The number of amides is 1. The summed E-state index contributed by atoms with van der Waals surface area (Å²) in [4.78, 5) is 12.6. The lowest BCUT2D eigenvalue weighted by Crippen LogP contribution is -2.52. The third-order valence-electron chi connectivity index (χ3n) is 4.49. The van der Waals surface area contributed by atoms with Gasteiger partial charge < -0.3 is 14.6 Å². The summed E-state index contributed by atoms with van der Waals surface area (Å²) in [5.74, 6) is 1.11. The topological polar surface area (TPSA) is 64.4 Å². The maximum atomic E-state index is 12.6. The highest BCUT2D eigenvalue weighted by Gasteiger charge is 2.49. The lowest BCUT2D eigenvalue weighted by atomic mass is 9.90. The van der Waals surface area contributed by atoms with Crippen molar-refractivity contribution in [2.24, 2.45) is 5.92 Å². The Morgan fingerprint density at radius 3 is 2.90 bits per heavy atom. The average Bonchev–Trinajstić information content (AvgIpc) is 3.07. The summed E-state index contributed by atoms with van der Waals surface area (Å²) in [5.41, 5.74) is 1.05. The van der Waals surface area contributed by atoms with Gasteiger partial charge in [0.2, 0.25) is 0 Å². The van der Waals surface area contributed by atoms with Gasteiger partial charge in [-0.25, -0.2) is 0 Å². The summed E-state index contributed by atoms with van der Waals surface area (Å²) < 4.78 is 11.0. The molecule has 0 spiro atoms. The standard InChI is InChI=1S/C15H22N2O3/c1-4-11-12(9(2)20-17-11)14(18)16-15(3)7-8-19-13(15)10-5-6-10/h10,13H,4-8H2,1-3H3,(H,16,18). The molecule has 0 radical (unpaired) electrons. The molecule has 1 saturated heterocycles. The van der Waals surface area contributed by atoms with Crippen LogP contribution in [0.5, 0.6) is 0 Å². The molecule has 110 valence electrons. The lowest BCUT2D eigenvalue weighted by molar-refractivity contribution is 0.0513. The van der Waals surface area contributed by atoms with Crippen molar-refractivity contribution in [3.8, 4) is 0 Å². The number of nitrogens with zero attached hydrogens (tertiary/aromatic N) is 1. The van der Waals surface area contributed by atoms with Gasteiger partial charge in [0.05, 0.1) is 17.3 Å². The van der Waals surface area contributed by atoms with Crippen molar-refractivity contribution >= 4 is 5.91 Å². The molecule has 1 aliphatic heterocycles. The Hall–Kier alpha value is -1.36. The van der Waals surface area contributed by atoms with Gasteiger partial charge in [-0.2, -0.15) is 0 Å². The molecular formula is C15H22N2O3. The van der Waals surface area contributed by atoms with E-state index in [1.165, 1.54) is 12.8 Å². The van der Waals surface area contributed by atoms with Crippen LogP contribution < -0.4 is 5.32 Å². The molecule has 1 aromatic heterocycles. The van der Waals surface area contributed by atoms with Gasteiger partial charge >= 0.3 is 0 Å². The van der Waals surface area contributed by atoms with E-state index in [0.717, 1.165) is 18.7 Å². The van der Waals surface area contributed by atoms with Gasteiger partial charge in [0.1, 0.15) is 11.3 Å². The van der Waals surface area contributed by atoms with Crippen molar-refractivity contribution in [1.82, 2.24) is 10.5 Å². The zero-order valence-electron chi connectivity index (χ0n) is 12.4. The van der Waals surface area contributed by atoms with Gasteiger partial charge in [-0.05, 0) is 45.4 Å². The van der Waals surface area contributed by atoms with Gasteiger partial charge in [0, 0.05) is 6.61 Å². The molecule has 0 aromatic carbocycles. The summed E-state index contributed by atoms with van der Waals surface area (Å²) in [7, 11) is 0. The highest BCUT2D eigenvalue weighted by atomic mass is 16.5. The van der Waals surface area contributed by atoms with Crippen LogP contribution in [0.15, 0.2) is 4.52 Å². The number of aryl methyl sites for hydroxylation is 2. The minimum absolute atomic E-state index is 0.0840. The number of carbonyl (C=O) groups is 1. The third kappa shape index (κ3) is 2.24. The molecule has 2 heterocycles. The van der Waals surface area contributed by atoms with Gasteiger partial charge in [-0.1, -0.05) is 12.1 Å². The van der Waals surface area contributed by atoms with E-state index in [2.05, 4.69) is 17.4 Å². The van der Waals surface area contributed by atoms with Crippen molar-refractivity contribution in [1.29, 1.82) is 0 Å². The molecule has 2 fully saturated rings. The summed E-state index contributed by atoms with van der Waals surface area (Å²) in [6.45, 7) is 6.57. The Morgan fingerprint density at radius 1 is 1.50 bits per heavy atom. The zero-order chi connectivity index (χ0) is 14.3. The number of aromatic nitrogens is 1. The molecular weight excluding hydrogens is 256 g/mol. The van der Waals surface area contributed by atoms with E-state index in [9.17, 15) is 4.79 Å². The van der Waals surface area contributed by atoms with Crippen molar-refractivity contribution in [2.75, 3.05) is 6.61 Å². The first kappa shape index (κ1) is 13.6. The first-order valence-corrected chi connectivity index (χ1v) is 7.44. The molecule has 1 aromatic rings. The Balaban J connectivity index is 1.79. The fraction of sp³-hybridized carbons (Fsp3) is 0.733. The summed E-state index contributed by atoms with van der Waals surface area (Å²) in [6.07, 6.45) is 4.13. The second kappa shape index (κ2) is 4.88. The van der Waals surface area contributed by atoms with E-state index in [1.54, 1.807) is 6.92 Å². The minimum atomic E-state index is -0.271. The largest absolute Gasteiger partial charge is 0.375 e. The lowest BCUT2D eigenvalue weighted by Gasteiger charge is -2.31. The number of ether oxygens (including phenoxy) is 1. The highest BCUT2D eigenvalue weighted by Crippen LogP contribution is 2.43. The predicted octanol–water partition coefficient (Wildman–Crippen LogP) is 2.23. The molecule has 0 bridgehead atoms. The Labute approximate surface area is 119 Å². The molecule has 5 heteroatoms. The number of carbonyl (C=O) groups excluding carboxylic acids is 1. The quantitative estimate of drug-likeness (QED) is 0.917. The normalized spacial score (nSPS) is 29.6. The van der Waals surface area contributed by atoms with Gasteiger partial charge in [-0.15, -0.1) is 0 Å². The van der Waals surface area contributed by atoms with Crippen molar-refractivity contribution in [2.45, 2.75) is 58.1 Å². The molecule has 2 atom stereocenters. The zero-order valence-corrected chi connectivity index (χ0v) is 12.4. The van der Waals surface area contributed by atoms with Gasteiger partial charge in [-0.3, -0.25) is 4.79 Å². The van der Waals surface area contributed by atoms with Crippen LogP contribution in [0.3, 0.4) is 0 Å². The SMILES string of the molecule is CCc1noc(C)c1C(=O)NC1(C)CCOC1C1CC1. The number of rotatable bonds is 4. The van der Waals surface area contributed by atoms with Crippen LogP contribution in [0.1, 0.15) is 54.9 Å². The summed E-state index contributed by atoms with van der Waals surface area (Å²) in [5, 5.41) is 7.13. The molecule has 20 heavy (non-hydrogen) atoms. The van der Waals surface area contributed by atoms with Crippen molar-refractivity contribution in [3.63, 3.8) is 0 Å². The van der Waals surface area contributed by atoms with Gasteiger partial charge in [0.15, 0.2) is 0 Å². The molecule has 2 aliphatic rings. The van der Waals surface area contributed by atoms with Crippen LogP contribution in [-0.4, -0.2) is 29.3 Å². The highest BCUT2D eigenvalue weighted by molar-refractivity contribution is 5.96. The molecule has 1 amide bonds. The van der Waals surface area contributed by atoms with Crippen molar-refractivity contribution in [3.05, 3.63) is 17.0 Å². The Bertz CT molecular complexity index is 521. The number of nitrogens with one attached hydrogen (secondary N) is 1. The smallest absolute Gasteiger partial charge is 0.257 e. The minimum Gasteiger partial charge on any atom is -0.375 e. The molecule has 3 rings (SSSR count). The third-order valence-corrected chi connectivity index (χ3v) is 4.49. The van der Waals surface area contributed by atoms with Crippen LogP contribution in [0.2, 0.25) is 0 Å². The molecule has 1 aliphatic carbocycles. The van der Waals surface area contributed by atoms with Crippen LogP contribution in [0.4, 0.5) is 0 Å². The van der Waals surface area contributed by atoms with E-state index in [0.29, 0.717) is 23.7 Å². The van der Waals surface area contributed by atoms with E-state index in [1.807, 2.05) is 6.92 Å². The van der Waals surface area contributed by atoms with Gasteiger partial charge in [0.25, 0.3) is 5.91 Å². The average molecular weight is 278 g/mol. The fourth-order valence-electron chi connectivity index (χ4n) is 3.19. The van der Waals surface area contributed by atoms with Crippen LogP contribution in [-0.2, 0) is 11.2 Å². The van der Waals surface area contributed by atoms with Crippen molar-refractivity contribution < 1.29 is 14.1 Å².